The number of carbonyl (C=O) groups excluding carboxylic acids is 2. The Balaban J connectivity index is 1.52. The fourth-order valence-corrected chi connectivity index (χ4v) is 4.89. The predicted octanol–water partition coefficient (Wildman–Crippen LogP) is -0.588. The molecule has 0 unspecified atom stereocenters. The maximum atomic E-state index is 12.7. The van der Waals surface area contributed by atoms with Gasteiger partial charge in [-0.3, -0.25) is 0 Å². The number of carbonyl (C=O) groups is 2. The molecule has 0 aromatic carbocycles. The van der Waals surface area contributed by atoms with Crippen LogP contribution in [0.4, 0.5) is 4.79 Å². The van der Waals surface area contributed by atoms with Gasteiger partial charge in [0, 0.05) is 31.5 Å². The molecule has 7 heteroatoms. The lowest BCUT2D eigenvalue weighted by atomic mass is 9.81. The molecular weight excluding hydrogens is 346 g/mol. The van der Waals surface area contributed by atoms with Gasteiger partial charge in [-0.25, -0.2) is 4.79 Å². The second-order valence-electron chi connectivity index (χ2n) is 8.52. The van der Waals surface area contributed by atoms with Crippen molar-refractivity contribution in [2.24, 2.45) is 11.8 Å². The minimum absolute atomic E-state index is 0.0394. The number of carboxylic acid groups (broad SMARTS) is 1. The van der Waals surface area contributed by atoms with Gasteiger partial charge < -0.3 is 29.8 Å². The summed E-state index contributed by atoms with van der Waals surface area (Å²) in [5.41, 5.74) is 0. The highest BCUT2D eigenvalue weighted by Crippen LogP contribution is 2.29. The Bertz CT molecular complexity index is 490. The summed E-state index contributed by atoms with van der Waals surface area (Å²) >= 11 is 0. The number of amides is 2. The highest BCUT2D eigenvalue weighted by molar-refractivity contribution is 5.74. The van der Waals surface area contributed by atoms with E-state index in [0.717, 1.165) is 58.5 Å². The number of nitrogens with zero attached hydrogens (tertiary/aromatic N) is 1. The molecule has 7 nitrogen and oxygen atoms in total. The molecule has 2 aliphatic heterocycles. The summed E-state index contributed by atoms with van der Waals surface area (Å²) < 4.78 is 5.42. The summed E-state index contributed by atoms with van der Waals surface area (Å²) in [6, 6.07) is 0.348. The van der Waals surface area contributed by atoms with Crippen molar-refractivity contribution in [3.63, 3.8) is 0 Å². The normalized spacial score (nSPS) is 28.1. The molecule has 27 heavy (non-hydrogen) atoms. The summed E-state index contributed by atoms with van der Waals surface area (Å²) in [7, 11) is 0. The van der Waals surface area contributed by atoms with Crippen molar-refractivity contribution in [1.29, 1.82) is 0 Å². The van der Waals surface area contributed by atoms with Crippen LogP contribution in [-0.4, -0.2) is 68.9 Å². The van der Waals surface area contributed by atoms with Crippen LogP contribution in [0.15, 0.2) is 0 Å². The van der Waals surface area contributed by atoms with E-state index in [-0.39, 0.29) is 24.3 Å². The molecule has 2 heterocycles. The Kier molecular flexibility index (Phi) is 7.76. The minimum Gasteiger partial charge on any atom is -0.550 e. The molecule has 154 valence electrons. The Hall–Kier alpha value is -1.34. The van der Waals surface area contributed by atoms with Gasteiger partial charge in [0.05, 0.1) is 19.8 Å². The Morgan fingerprint density at radius 2 is 1.81 bits per heavy atom. The van der Waals surface area contributed by atoms with Gasteiger partial charge in [0.1, 0.15) is 13.1 Å². The number of carboxylic acids is 1. The van der Waals surface area contributed by atoms with Crippen LogP contribution in [0.1, 0.15) is 51.4 Å². The number of aliphatic carboxylic acids is 1. The fourth-order valence-electron chi connectivity index (χ4n) is 4.89. The molecule has 2 saturated heterocycles. The van der Waals surface area contributed by atoms with E-state index in [2.05, 4.69) is 5.32 Å². The Morgan fingerprint density at radius 3 is 2.52 bits per heavy atom. The molecule has 3 aliphatic rings. The smallest absolute Gasteiger partial charge is 0.317 e. The molecule has 0 spiro atoms. The van der Waals surface area contributed by atoms with Crippen molar-refractivity contribution in [3.05, 3.63) is 0 Å². The number of piperidine rings is 1. The van der Waals surface area contributed by atoms with E-state index in [1.165, 1.54) is 24.2 Å². The lowest BCUT2D eigenvalue weighted by Crippen LogP contribution is -3.14. The third-order valence-corrected chi connectivity index (χ3v) is 6.61. The average molecular weight is 382 g/mol. The third-order valence-electron chi connectivity index (χ3n) is 6.61. The van der Waals surface area contributed by atoms with Crippen molar-refractivity contribution in [2.75, 3.05) is 45.9 Å². The summed E-state index contributed by atoms with van der Waals surface area (Å²) in [6.07, 6.45) is 7.66. The zero-order valence-corrected chi connectivity index (χ0v) is 16.4. The first-order valence-corrected chi connectivity index (χ1v) is 10.8. The van der Waals surface area contributed by atoms with Gasteiger partial charge in [0.15, 0.2) is 0 Å². The topological polar surface area (TPSA) is 86.1 Å². The first-order valence-electron chi connectivity index (χ1n) is 10.8. The number of hydrogen-bond donors (Lipinski definition) is 2. The molecule has 0 radical (unpaired) electrons. The van der Waals surface area contributed by atoms with Gasteiger partial charge in [-0.15, -0.1) is 0 Å². The number of morpholine rings is 1. The van der Waals surface area contributed by atoms with Crippen LogP contribution in [0.3, 0.4) is 0 Å². The van der Waals surface area contributed by atoms with Crippen LogP contribution < -0.4 is 15.3 Å². The van der Waals surface area contributed by atoms with Crippen molar-refractivity contribution < 1.29 is 24.3 Å². The van der Waals surface area contributed by atoms with Crippen LogP contribution in [0.25, 0.3) is 0 Å². The Labute approximate surface area is 162 Å². The first-order chi connectivity index (χ1) is 13.1. The highest BCUT2D eigenvalue weighted by atomic mass is 16.5. The van der Waals surface area contributed by atoms with Gasteiger partial charge in [-0.1, -0.05) is 19.3 Å². The van der Waals surface area contributed by atoms with E-state index in [1.807, 2.05) is 4.90 Å². The molecule has 2 N–H and O–H groups in total. The van der Waals surface area contributed by atoms with Crippen LogP contribution in [0.5, 0.6) is 0 Å². The molecule has 0 aromatic heterocycles. The summed E-state index contributed by atoms with van der Waals surface area (Å²) in [6.45, 7) is 5.98. The lowest BCUT2D eigenvalue weighted by molar-refractivity contribution is -0.908. The highest BCUT2D eigenvalue weighted by Gasteiger charge is 2.33. The maximum Gasteiger partial charge on any atom is 0.317 e. The van der Waals surface area contributed by atoms with Crippen molar-refractivity contribution in [3.8, 4) is 0 Å². The standard InChI is InChI=1S/C20H35N3O4/c24-19(25)14-16-7-9-23(20(26)21-18-4-2-1-3-5-18)15-17(16)6-8-22-10-12-27-13-11-22/h16-18H,1-15H2,(H,21,26)(H,24,25)/t16-,17-/m0/s1. The van der Waals surface area contributed by atoms with Gasteiger partial charge in [0.2, 0.25) is 0 Å². The lowest BCUT2D eigenvalue weighted by Gasteiger charge is -2.40. The molecular formula is C20H35N3O4. The maximum absolute atomic E-state index is 12.7. The van der Waals surface area contributed by atoms with Crippen LogP contribution in [0.2, 0.25) is 0 Å². The molecule has 3 fully saturated rings. The molecule has 0 aromatic rings. The zero-order chi connectivity index (χ0) is 19.1. The van der Waals surface area contributed by atoms with E-state index in [1.54, 1.807) is 0 Å². The molecule has 2 atom stereocenters. The van der Waals surface area contributed by atoms with Gasteiger partial charge >= 0.3 is 6.03 Å². The number of likely N-dealkylation sites (tertiary alicyclic amines) is 1. The van der Waals surface area contributed by atoms with Gasteiger partial charge in [-0.2, -0.15) is 0 Å². The van der Waals surface area contributed by atoms with Crippen molar-refractivity contribution >= 4 is 12.0 Å². The number of urea groups is 1. The van der Waals surface area contributed by atoms with E-state index in [9.17, 15) is 14.7 Å². The minimum atomic E-state index is -0.969. The average Bonchev–Trinajstić information content (AvgIpc) is 2.68. The molecule has 3 rings (SSSR count). The Morgan fingerprint density at radius 1 is 1.07 bits per heavy atom. The molecule has 1 aliphatic carbocycles. The number of hydrogen-bond acceptors (Lipinski definition) is 4. The number of rotatable bonds is 6. The third kappa shape index (κ3) is 6.35. The second-order valence-corrected chi connectivity index (χ2v) is 8.52. The van der Waals surface area contributed by atoms with E-state index in [0.29, 0.717) is 19.1 Å². The van der Waals surface area contributed by atoms with Crippen molar-refractivity contribution in [2.45, 2.75) is 57.4 Å². The van der Waals surface area contributed by atoms with E-state index < -0.39 is 5.97 Å². The molecule has 0 bridgehead atoms. The SMILES string of the molecule is O=C([O-])C[C@@H]1CCN(C(=O)NC2CCCCC2)C[C@@H]1CC[NH+]1CCOCC1. The predicted molar refractivity (Wildman–Crippen MR) is 99.2 cm³/mol. The zero-order valence-electron chi connectivity index (χ0n) is 16.4. The fraction of sp³-hybridized carbons (Fsp3) is 0.900. The van der Waals surface area contributed by atoms with E-state index in [4.69, 9.17) is 4.74 Å². The largest absolute Gasteiger partial charge is 0.550 e. The number of quaternary nitrogens is 1. The number of nitrogens with one attached hydrogen (secondary N) is 2. The van der Waals surface area contributed by atoms with Crippen LogP contribution in [0, 0.1) is 11.8 Å². The number of ether oxygens (including phenoxy) is 1. The van der Waals surface area contributed by atoms with Crippen molar-refractivity contribution in [1.82, 2.24) is 10.2 Å². The summed E-state index contributed by atoms with van der Waals surface area (Å²) in [5, 5.41) is 14.4. The van der Waals surface area contributed by atoms with E-state index >= 15 is 0 Å². The second kappa shape index (κ2) is 10.3. The summed E-state index contributed by atoms with van der Waals surface area (Å²) in [4.78, 5) is 27.3. The van der Waals surface area contributed by atoms with Gasteiger partial charge in [-0.05, 0) is 37.5 Å². The first kappa shape index (κ1) is 20.4. The summed E-state index contributed by atoms with van der Waals surface area (Å²) in [5.74, 6) is -0.609. The van der Waals surface area contributed by atoms with Crippen LogP contribution >= 0.6 is 0 Å². The molecule has 2 amide bonds. The quantitative estimate of drug-likeness (QED) is 0.644. The monoisotopic (exact) mass is 381 g/mol. The molecule has 1 saturated carbocycles. The van der Waals surface area contributed by atoms with Crippen LogP contribution in [-0.2, 0) is 9.53 Å². The van der Waals surface area contributed by atoms with Gasteiger partial charge in [0.25, 0.3) is 0 Å².